The zero-order chi connectivity index (χ0) is 11.3. The minimum Gasteiger partial charge on any atom is -0.268 e. The van der Waals surface area contributed by atoms with Gasteiger partial charge >= 0.3 is 0 Å². The van der Waals surface area contributed by atoms with Crippen LogP contribution in [-0.4, -0.2) is 20.1 Å². The Labute approximate surface area is 88.7 Å². The average molecular weight is 225 g/mol. The number of benzene rings is 1. The normalized spacial score (nSPS) is 10.7. The Bertz CT molecular complexity index is 451. The highest BCUT2D eigenvalue weighted by Gasteiger charge is 2.13. The molecule has 15 heavy (non-hydrogen) atoms. The summed E-state index contributed by atoms with van der Waals surface area (Å²) in [6.45, 7) is 3.30. The highest BCUT2D eigenvalue weighted by atomic mass is 32.2. The summed E-state index contributed by atoms with van der Waals surface area (Å²) < 4.78 is 24.4. The summed E-state index contributed by atoms with van der Waals surface area (Å²) in [5.74, 6) is -0.900. The first-order chi connectivity index (χ1) is 7.05. The number of sulfonamides is 1. The van der Waals surface area contributed by atoms with Gasteiger partial charge in [-0.05, 0) is 12.1 Å². The van der Waals surface area contributed by atoms with Crippen molar-refractivity contribution in [2.24, 2.45) is 0 Å². The van der Waals surface area contributed by atoms with Gasteiger partial charge in [0, 0.05) is 5.56 Å². The van der Waals surface area contributed by atoms with Crippen LogP contribution in [-0.2, 0) is 10.0 Å². The average Bonchev–Trinajstić information content (AvgIpc) is 2.18. The van der Waals surface area contributed by atoms with E-state index in [0.29, 0.717) is 5.56 Å². The minimum absolute atomic E-state index is 0.272. The van der Waals surface area contributed by atoms with Crippen LogP contribution in [0.2, 0.25) is 0 Å². The fraction of sp³-hybridized carbons (Fsp3) is 0.100. The number of carbonyl (C=O) groups is 1. The summed E-state index contributed by atoms with van der Waals surface area (Å²) >= 11 is 0. The number of amides is 1. The van der Waals surface area contributed by atoms with Crippen molar-refractivity contribution in [3.63, 3.8) is 0 Å². The molecule has 0 saturated heterocycles. The van der Waals surface area contributed by atoms with E-state index in [1.807, 2.05) is 4.72 Å². The lowest BCUT2D eigenvalue weighted by molar-refractivity contribution is 0.0981. The van der Waals surface area contributed by atoms with Crippen molar-refractivity contribution >= 4 is 15.9 Å². The fourth-order valence-electron chi connectivity index (χ4n) is 0.987. The maximum Gasteiger partial charge on any atom is 0.264 e. The molecule has 0 atom stereocenters. The molecule has 0 fully saturated rings. The second-order valence-corrected chi connectivity index (χ2v) is 4.63. The van der Waals surface area contributed by atoms with Crippen molar-refractivity contribution in [2.75, 3.05) is 5.75 Å². The Morgan fingerprint density at radius 1 is 1.33 bits per heavy atom. The van der Waals surface area contributed by atoms with Crippen molar-refractivity contribution in [1.29, 1.82) is 0 Å². The van der Waals surface area contributed by atoms with Crippen LogP contribution >= 0.6 is 0 Å². The number of rotatable bonds is 4. The maximum atomic E-state index is 11.4. The van der Waals surface area contributed by atoms with Crippen molar-refractivity contribution in [3.05, 3.63) is 48.6 Å². The van der Waals surface area contributed by atoms with E-state index in [9.17, 15) is 13.2 Å². The van der Waals surface area contributed by atoms with E-state index in [1.54, 1.807) is 30.3 Å². The molecule has 0 aliphatic rings. The molecule has 0 bridgehead atoms. The van der Waals surface area contributed by atoms with Gasteiger partial charge in [0.2, 0.25) is 10.0 Å². The minimum atomic E-state index is -3.60. The van der Waals surface area contributed by atoms with Crippen molar-refractivity contribution in [1.82, 2.24) is 4.72 Å². The van der Waals surface area contributed by atoms with Gasteiger partial charge in [0.25, 0.3) is 5.91 Å². The predicted molar refractivity (Wildman–Crippen MR) is 57.9 cm³/mol. The standard InChI is InChI=1S/C10H11NO3S/c1-2-8-15(13,14)11-10(12)9-6-4-3-5-7-9/h2-7H,1,8H2,(H,11,12). The molecule has 0 spiro atoms. The third kappa shape index (κ3) is 3.55. The molecule has 0 aliphatic carbocycles. The molecule has 80 valence electrons. The smallest absolute Gasteiger partial charge is 0.264 e. The Hall–Kier alpha value is -1.62. The van der Waals surface area contributed by atoms with Crippen molar-refractivity contribution < 1.29 is 13.2 Å². The van der Waals surface area contributed by atoms with Gasteiger partial charge < -0.3 is 0 Å². The molecular formula is C10H11NO3S. The lowest BCUT2D eigenvalue weighted by atomic mass is 10.2. The van der Waals surface area contributed by atoms with E-state index in [2.05, 4.69) is 6.58 Å². The Morgan fingerprint density at radius 2 is 1.93 bits per heavy atom. The van der Waals surface area contributed by atoms with E-state index in [0.717, 1.165) is 0 Å². The highest BCUT2D eigenvalue weighted by Crippen LogP contribution is 1.99. The third-order valence-electron chi connectivity index (χ3n) is 1.62. The molecule has 1 aromatic carbocycles. The Morgan fingerprint density at radius 3 is 2.47 bits per heavy atom. The largest absolute Gasteiger partial charge is 0.268 e. The first kappa shape index (κ1) is 11.5. The second kappa shape index (κ2) is 4.75. The predicted octanol–water partition coefficient (Wildman–Crippen LogP) is 0.932. The van der Waals surface area contributed by atoms with Crippen LogP contribution in [0, 0.1) is 0 Å². The van der Waals surface area contributed by atoms with Gasteiger partial charge in [0.1, 0.15) is 0 Å². The van der Waals surface area contributed by atoms with Crippen molar-refractivity contribution in [3.8, 4) is 0 Å². The van der Waals surface area contributed by atoms with E-state index >= 15 is 0 Å². The summed E-state index contributed by atoms with van der Waals surface area (Å²) in [6, 6.07) is 8.15. The molecule has 0 aliphatic heterocycles. The summed E-state index contributed by atoms with van der Waals surface area (Å²) in [5, 5.41) is 0. The van der Waals surface area contributed by atoms with Gasteiger partial charge in [-0.2, -0.15) is 0 Å². The number of hydrogen-bond acceptors (Lipinski definition) is 3. The van der Waals surface area contributed by atoms with Gasteiger partial charge in [-0.3, -0.25) is 4.79 Å². The van der Waals surface area contributed by atoms with Crippen LogP contribution < -0.4 is 4.72 Å². The first-order valence-electron chi connectivity index (χ1n) is 4.26. The fourth-order valence-corrected chi connectivity index (χ4v) is 1.78. The van der Waals surface area contributed by atoms with E-state index in [1.165, 1.54) is 6.08 Å². The van der Waals surface area contributed by atoms with Crippen LogP contribution in [0.4, 0.5) is 0 Å². The quantitative estimate of drug-likeness (QED) is 0.775. The molecule has 1 N–H and O–H groups in total. The van der Waals surface area contributed by atoms with Crippen LogP contribution in [0.3, 0.4) is 0 Å². The maximum absolute atomic E-state index is 11.4. The molecule has 1 rings (SSSR count). The molecular weight excluding hydrogens is 214 g/mol. The topological polar surface area (TPSA) is 63.2 Å². The van der Waals surface area contributed by atoms with Crippen LogP contribution in [0.15, 0.2) is 43.0 Å². The summed E-state index contributed by atoms with van der Waals surface area (Å²) in [6.07, 6.45) is 1.22. The molecule has 1 aromatic rings. The third-order valence-corrected chi connectivity index (χ3v) is 2.79. The zero-order valence-corrected chi connectivity index (χ0v) is 8.83. The Kier molecular flexibility index (Phi) is 3.62. The second-order valence-electron chi connectivity index (χ2n) is 2.87. The first-order valence-corrected chi connectivity index (χ1v) is 5.91. The molecule has 0 unspecified atom stereocenters. The molecule has 0 saturated carbocycles. The van der Waals surface area contributed by atoms with Crippen LogP contribution in [0.1, 0.15) is 10.4 Å². The highest BCUT2D eigenvalue weighted by molar-refractivity contribution is 7.90. The van der Waals surface area contributed by atoms with Crippen molar-refractivity contribution in [2.45, 2.75) is 0 Å². The van der Waals surface area contributed by atoms with Gasteiger partial charge in [-0.1, -0.05) is 24.3 Å². The number of hydrogen-bond donors (Lipinski definition) is 1. The van der Waals surface area contributed by atoms with Gasteiger partial charge in [0.05, 0.1) is 5.75 Å². The van der Waals surface area contributed by atoms with Crippen LogP contribution in [0.5, 0.6) is 0 Å². The van der Waals surface area contributed by atoms with Gasteiger partial charge in [0.15, 0.2) is 0 Å². The molecule has 5 heteroatoms. The lowest BCUT2D eigenvalue weighted by Gasteiger charge is -2.03. The van der Waals surface area contributed by atoms with E-state index in [-0.39, 0.29) is 5.75 Å². The molecule has 1 amide bonds. The number of nitrogens with one attached hydrogen (secondary N) is 1. The van der Waals surface area contributed by atoms with Crippen LogP contribution in [0.25, 0.3) is 0 Å². The molecule has 0 radical (unpaired) electrons. The Balaban J connectivity index is 2.77. The molecule has 0 heterocycles. The molecule has 4 nitrogen and oxygen atoms in total. The molecule has 0 aromatic heterocycles. The van der Waals surface area contributed by atoms with Gasteiger partial charge in [-0.15, -0.1) is 6.58 Å². The zero-order valence-electron chi connectivity index (χ0n) is 8.01. The van der Waals surface area contributed by atoms with E-state index < -0.39 is 15.9 Å². The lowest BCUT2D eigenvalue weighted by Crippen LogP contribution is -2.31. The summed E-state index contributed by atoms with van der Waals surface area (Å²) in [5.41, 5.74) is 0.310. The van der Waals surface area contributed by atoms with E-state index in [4.69, 9.17) is 0 Å². The summed E-state index contributed by atoms with van der Waals surface area (Å²) in [4.78, 5) is 11.4. The number of carbonyl (C=O) groups excluding carboxylic acids is 1. The SMILES string of the molecule is C=CCS(=O)(=O)NC(=O)c1ccccc1. The van der Waals surface area contributed by atoms with Gasteiger partial charge in [-0.25, -0.2) is 13.1 Å². The summed E-state index contributed by atoms with van der Waals surface area (Å²) in [7, 11) is -3.60. The monoisotopic (exact) mass is 225 g/mol.